The highest BCUT2D eigenvalue weighted by Crippen LogP contribution is 2.02. The van der Waals surface area contributed by atoms with Crippen LogP contribution in [0.1, 0.15) is 21.7 Å². The molecule has 1 aromatic carbocycles. The Morgan fingerprint density at radius 2 is 1.83 bits per heavy atom. The molecule has 0 aliphatic carbocycles. The van der Waals surface area contributed by atoms with Crippen molar-refractivity contribution in [3.63, 3.8) is 0 Å². The summed E-state index contributed by atoms with van der Waals surface area (Å²) < 4.78 is 5.04. The summed E-state index contributed by atoms with van der Waals surface area (Å²) in [7, 11) is 0. The Bertz CT molecular complexity index is 569. The van der Waals surface area contributed by atoms with Crippen molar-refractivity contribution in [3.8, 4) is 0 Å². The monoisotopic (exact) mass is 242 g/mol. The van der Waals surface area contributed by atoms with Crippen molar-refractivity contribution in [2.45, 2.75) is 0 Å². The van der Waals surface area contributed by atoms with Gasteiger partial charge < -0.3 is 9.52 Å². The van der Waals surface area contributed by atoms with E-state index in [4.69, 9.17) is 9.52 Å². The Balaban J connectivity index is 1.99. The molecular formula is C13H10N2O3. The van der Waals surface area contributed by atoms with Gasteiger partial charge in [0.05, 0.1) is 24.3 Å². The number of rotatable bonds is 4. The molecular weight excluding hydrogens is 232 g/mol. The second-order valence-corrected chi connectivity index (χ2v) is 3.43. The van der Waals surface area contributed by atoms with Crippen LogP contribution in [0.4, 0.5) is 0 Å². The minimum atomic E-state index is -0.950. The number of carboxylic acid groups (broad SMARTS) is 1. The average molecular weight is 242 g/mol. The summed E-state index contributed by atoms with van der Waals surface area (Å²) in [5.41, 5.74) is 1.02. The lowest BCUT2D eigenvalue weighted by Crippen LogP contribution is -1.95. The number of nitrogens with zero attached hydrogens (tertiary/aromatic N) is 2. The van der Waals surface area contributed by atoms with E-state index in [1.54, 1.807) is 30.5 Å². The minimum absolute atomic E-state index is 0.242. The quantitative estimate of drug-likeness (QED) is 0.660. The van der Waals surface area contributed by atoms with Crippen LogP contribution in [0.15, 0.2) is 57.3 Å². The van der Waals surface area contributed by atoms with E-state index in [-0.39, 0.29) is 5.56 Å². The van der Waals surface area contributed by atoms with Crippen LogP contribution in [0.25, 0.3) is 0 Å². The summed E-state index contributed by atoms with van der Waals surface area (Å²) in [5, 5.41) is 16.4. The second-order valence-electron chi connectivity index (χ2n) is 3.43. The van der Waals surface area contributed by atoms with E-state index in [1.807, 2.05) is 0 Å². The molecule has 1 N–H and O–H groups in total. The molecule has 0 unspecified atom stereocenters. The maximum Gasteiger partial charge on any atom is 0.335 e. The van der Waals surface area contributed by atoms with Crippen LogP contribution in [0, 0.1) is 0 Å². The summed E-state index contributed by atoms with van der Waals surface area (Å²) in [4.78, 5) is 10.6. The average Bonchev–Trinajstić information content (AvgIpc) is 2.88. The molecule has 2 aromatic rings. The fourth-order valence-corrected chi connectivity index (χ4v) is 1.27. The zero-order chi connectivity index (χ0) is 12.8. The van der Waals surface area contributed by atoms with Crippen molar-refractivity contribution >= 4 is 18.4 Å². The lowest BCUT2D eigenvalue weighted by molar-refractivity contribution is 0.0697. The first-order valence-corrected chi connectivity index (χ1v) is 5.19. The van der Waals surface area contributed by atoms with Gasteiger partial charge >= 0.3 is 5.97 Å². The number of hydrogen-bond acceptors (Lipinski definition) is 4. The SMILES string of the molecule is O=C(O)c1ccc(/C=N\N=C/c2ccco2)cc1. The van der Waals surface area contributed by atoms with Gasteiger partial charge in [0.1, 0.15) is 5.76 Å². The highest BCUT2D eigenvalue weighted by atomic mass is 16.4. The third kappa shape index (κ3) is 3.15. The molecule has 0 fully saturated rings. The molecule has 0 amide bonds. The van der Waals surface area contributed by atoms with Gasteiger partial charge in [-0.25, -0.2) is 4.79 Å². The molecule has 18 heavy (non-hydrogen) atoms. The van der Waals surface area contributed by atoms with Crippen LogP contribution in [0.2, 0.25) is 0 Å². The van der Waals surface area contributed by atoms with Crippen molar-refractivity contribution in [1.82, 2.24) is 0 Å². The Kier molecular flexibility index (Phi) is 3.66. The van der Waals surface area contributed by atoms with E-state index in [2.05, 4.69) is 10.2 Å². The van der Waals surface area contributed by atoms with Crippen molar-refractivity contribution in [2.24, 2.45) is 10.2 Å². The first-order chi connectivity index (χ1) is 8.75. The van der Waals surface area contributed by atoms with Crippen LogP contribution in [-0.4, -0.2) is 23.5 Å². The zero-order valence-corrected chi connectivity index (χ0v) is 9.35. The minimum Gasteiger partial charge on any atom is -0.478 e. The number of benzene rings is 1. The van der Waals surface area contributed by atoms with Gasteiger partial charge in [-0.2, -0.15) is 10.2 Å². The molecule has 1 heterocycles. The van der Waals surface area contributed by atoms with Gasteiger partial charge in [-0.1, -0.05) is 12.1 Å². The predicted molar refractivity (Wildman–Crippen MR) is 67.3 cm³/mol. The highest BCUT2D eigenvalue weighted by Gasteiger charge is 1.99. The van der Waals surface area contributed by atoms with Gasteiger partial charge in [0.15, 0.2) is 0 Å². The Morgan fingerprint density at radius 1 is 1.11 bits per heavy atom. The third-order valence-corrected chi connectivity index (χ3v) is 2.16. The lowest BCUT2D eigenvalue weighted by Gasteiger charge is -1.94. The van der Waals surface area contributed by atoms with Gasteiger partial charge in [0, 0.05) is 0 Å². The zero-order valence-electron chi connectivity index (χ0n) is 9.35. The van der Waals surface area contributed by atoms with E-state index in [9.17, 15) is 4.79 Å². The van der Waals surface area contributed by atoms with Crippen molar-refractivity contribution < 1.29 is 14.3 Å². The normalized spacial score (nSPS) is 11.3. The lowest BCUT2D eigenvalue weighted by atomic mass is 10.1. The van der Waals surface area contributed by atoms with E-state index < -0.39 is 5.97 Å². The van der Waals surface area contributed by atoms with Crippen molar-refractivity contribution in [2.75, 3.05) is 0 Å². The molecule has 2 rings (SSSR count). The first-order valence-electron chi connectivity index (χ1n) is 5.19. The Morgan fingerprint density at radius 3 is 2.44 bits per heavy atom. The molecule has 0 bridgehead atoms. The first kappa shape index (κ1) is 11.8. The smallest absolute Gasteiger partial charge is 0.335 e. The Labute approximate surface area is 103 Å². The molecule has 0 saturated heterocycles. The van der Waals surface area contributed by atoms with Gasteiger partial charge in [0.2, 0.25) is 0 Å². The molecule has 90 valence electrons. The maximum absolute atomic E-state index is 10.6. The highest BCUT2D eigenvalue weighted by molar-refractivity contribution is 5.89. The van der Waals surface area contributed by atoms with Crippen LogP contribution in [0.3, 0.4) is 0 Å². The summed E-state index contributed by atoms with van der Waals surface area (Å²) in [6, 6.07) is 9.88. The van der Waals surface area contributed by atoms with Crippen LogP contribution in [0.5, 0.6) is 0 Å². The van der Waals surface area contributed by atoms with Crippen molar-refractivity contribution in [3.05, 3.63) is 59.5 Å². The largest absolute Gasteiger partial charge is 0.478 e. The van der Waals surface area contributed by atoms with Gasteiger partial charge in [-0.15, -0.1) is 0 Å². The number of aromatic carboxylic acids is 1. The Hall–Kier alpha value is -2.69. The van der Waals surface area contributed by atoms with Crippen LogP contribution < -0.4 is 0 Å². The fourth-order valence-electron chi connectivity index (χ4n) is 1.27. The predicted octanol–water partition coefficient (Wildman–Crippen LogP) is 2.43. The number of furan rings is 1. The second kappa shape index (κ2) is 5.58. The molecule has 5 heteroatoms. The topological polar surface area (TPSA) is 75.2 Å². The standard InChI is InChI=1S/C13H10N2O3/c16-13(17)11-5-3-10(4-6-11)8-14-15-9-12-2-1-7-18-12/h1-9H,(H,16,17)/b14-8-,15-9-. The van der Waals surface area contributed by atoms with E-state index >= 15 is 0 Å². The molecule has 0 aliphatic heterocycles. The van der Waals surface area contributed by atoms with E-state index in [0.717, 1.165) is 5.56 Å². The van der Waals surface area contributed by atoms with Gasteiger partial charge in [-0.05, 0) is 29.8 Å². The van der Waals surface area contributed by atoms with Gasteiger partial charge in [-0.3, -0.25) is 0 Å². The molecule has 0 radical (unpaired) electrons. The molecule has 0 saturated carbocycles. The molecule has 0 spiro atoms. The fraction of sp³-hybridized carbons (Fsp3) is 0. The maximum atomic E-state index is 10.6. The third-order valence-electron chi connectivity index (χ3n) is 2.16. The molecule has 1 aromatic heterocycles. The summed E-state index contributed by atoms with van der Waals surface area (Å²) >= 11 is 0. The van der Waals surface area contributed by atoms with Gasteiger partial charge in [0.25, 0.3) is 0 Å². The van der Waals surface area contributed by atoms with E-state index in [0.29, 0.717) is 5.76 Å². The molecule has 0 aliphatic rings. The summed E-state index contributed by atoms with van der Waals surface area (Å²) in [6.45, 7) is 0. The molecule has 5 nitrogen and oxygen atoms in total. The summed E-state index contributed by atoms with van der Waals surface area (Å²) in [5.74, 6) is -0.331. The number of carboxylic acids is 1. The van der Waals surface area contributed by atoms with Crippen molar-refractivity contribution in [1.29, 1.82) is 0 Å². The summed E-state index contributed by atoms with van der Waals surface area (Å²) in [6.07, 6.45) is 4.57. The molecule has 0 atom stereocenters. The number of hydrogen-bond donors (Lipinski definition) is 1. The number of carbonyl (C=O) groups is 1. The van der Waals surface area contributed by atoms with Crippen LogP contribution in [-0.2, 0) is 0 Å². The van der Waals surface area contributed by atoms with E-state index in [1.165, 1.54) is 24.6 Å². The van der Waals surface area contributed by atoms with Crippen LogP contribution >= 0.6 is 0 Å².